The Hall–Kier alpha value is -3.09. The van der Waals surface area contributed by atoms with Crippen LogP contribution >= 0.6 is 11.6 Å². The van der Waals surface area contributed by atoms with Crippen molar-refractivity contribution in [3.63, 3.8) is 0 Å². The molecule has 0 spiro atoms. The fourth-order valence-corrected chi connectivity index (χ4v) is 6.22. The topological polar surface area (TPSA) is 76.4 Å². The second-order valence-electron chi connectivity index (χ2n) is 10.1. The molecule has 0 saturated carbocycles. The Balaban J connectivity index is 2.09. The zero-order valence-electron chi connectivity index (χ0n) is 20.8. The first kappa shape index (κ1) is 26.0. The van der Waals surface area contributed by atoms with E-state index in [0.717, 1.165) is 16.6 Å². The third kappa shape index (κ3) is 4.93. The monoisotopic (exact) mass is 523 g/mol. The highest BCUT2D eigenvalue weighted by Gasteiger charge is 2.35. The van der Waals surface area contributed by atoms with Crippen LogP contribution in [0.4, 0.5) is 0 Å². The Bertz CT molecular complexity index is 1520. The molecule has 36 heavy (non-hydrogen) atoms. The van der Waals surface area contributed by atoms with Crippen LogP contribution in [0.15, 0.2) is 82.6 Å². The minimum Gasteiger partial charge on any atom is -0.481 e. The molecule has 188 valence electrons. The number of carboxylic acid groups (broad SMARTS) is 1. The van der Waals surface area contributed by atoms with E-state index in [1.54, 1.807) is 56.3 Å². The molecule has 0 unspecified atom stereocenters. The second kappa shape index (κ2) is 9.75. The van der Waals surface area contributed by atoms with Gasteiger partial charge in [0.05, 0.1) is 10.3 Å². The Labute approximate surface area is 217 Å². The van der Waals surface area contributed by atoms with Gasteiger partial charge in [0.2, 0.25) is 9.84 Å². The molecule has 0 amide bonds. The molecule has 0 fully saturated rings. The standard InChI is InChI=1S/C29H30ClNO4S/c1-19(2)21-12-15-25-24(16-21)27(36(34,35)23-8-6-5-7-9-23)26(17-29(3,4)28(32)33)31(25)18-20-10-13-22(30)14-11-20/h5-16,19H,17-18H2,1-4H3,(H,32,33). The van der Waals surface area contributed by atoms with Crippen molar-refractivity contribution in [3.05, 3.63) is 94.6 Å². The molecule has 0 aliphatic rings. The Kier molecular flexibility index (Phi) is 7.04. The molecule has 7 heteroatoms. The largest absolute Gasteiger partial charge is 0.481 e. The maximum absolute atomic E-state index is 14.1. The smallest absolute Gasteiger partial charge is 0.309 e. The van der Waals surface area contributed by atoms with Crippen LogP contribution in [-0.4, -0.2) is 24.1 Å². The van der Waals surface area contributed by atoms with Crippen molar-refractivity contribution in [1.29, 1.82) is 0 Å². The van der Waals surface area contributed by atoms with Crippen molar-refractivity contribution < 1.29 is 18.3 Å². The fourth-order valence-electron chi connectivity index (χ4n) is 4.39. The fraction of sp³-hybridized carbons (Fsp3) is 0.276. The summed E-state index contributed by atoms with van der Waals surface area (Å²) in [5, 5.41) is 11.2. The number of rotatable bonds is 8. The highest BCUT2D eigenvalue weighted by molar-refractivity contribution is 7.91. The van der Waals surface area contributed by atoms with Crippen LogP contribution in [0.25, 0.3) is 10.9 Å². The lowest BCUT2D eigenvalue weighted by atomic mass is 9.88. The SMILES string of the molecule is CC(C)c1ccc2c(c1)c(S(=O)(=O)c1ccccc1)c(CC(C)(C)C(=O)O)n2Cc1ccc(Cl)cc1. The lowest BCUT2D eigenvalue weighted by Gasteiger charge is -2.22. The molecule has 0 aliphatic heterocycles. The van der Waals surface area contributed by atoms with E-state index in [2.05, 4.69) is 13.8 Å². The minimum atomic E-state index is -3.95. The third-order valence-electron chi connectivity index (χ3n) is 6.58. The maximum atomic E-state index is 14.1. The number of halogens is 1. The molecule has 3 aromatic carbocycles. The summed E-state index contributed by atoms with van der Waals surface area (Å²) in [6.07, 6.45) is 0.0447. The molecule has 4 aromatic rings. The van der Waals surface area contributed by atoms with Gasteiger partial charge in [-0.15, -0.1) is 0 Å². The van der Waals surface area contributed by atoms with Gasteiger partial charge in [-0.05, 0) is 67.3 Å². The van der Waals surface area contributed by atoms with E-state index in [-0.39, 0.29) is 22.1 Å². The highest BCUT2D eigenvalue weighted by atomic mass is 35.5. The summed E-state index contributed by atoms with van der Waals surface area (Å²) in [6.45, 7) is 7.75. The number of hydrogen-bond acceptors (Lipinski definition) is 3. The van der Waals surface area contributed by atoms with Gasteiger partial charge in [0.1, 0.15) is 4.90 Å². The van der Waals surface area contributed by atoms with Gasteiger partial charge in [0.25, 0.3) is 0 Å². The first-order valence-corrected chi connectivity index (χ1v) is 13.7. The van der Waals surface area contributed by atoms with Crippen LogP contribution in [0.3, 0.4) is 0 Å². The summed E-state index contributed by atoms with van der Waals surface area (Å²) < 4.78 is 30.2. The Morgan fingerprint density at radius 2 is 1.64 bits per heavy atom. The zero-order valence-corrected chi connectivity index (χ0v) is 22.4. The number of hydrogen-bond donors (Lipinski definition) is 1. The maximum Gasteiger partial charge on any atom is 0.309 e. The van der Waals surface area contributed by atoms with Crippen molar-refractivity contribution >= 4 is 38.3 Å². The number of sulfone groups is 1. The van der Waals surface area contributed by atoms with Crippen molar-refractivity contribution in [3.8, 4) is 0 Å². The molecule has 1 N–H and O–H groups in total. The number of nitrogens with zero attached hydrogens (tertiary/aromatic N) is 1. The zero-order chi connectivity index (χ0) is 26.3. The van der Waals surface area contributed by atoms with Gasteiger partial charge in [0, 0.05) is 34.6 Å². The number of benzene rings is 3. The molecule has 4 rings (SSSR count). The molecule has 0 bridgehead atoms. The van der Waals surface area contributed by atoms with Crippen LogP contribution in [-0.2, 0) is 27.6 Å². The highest BCUT2D eigenvalue weighted by Crippen LogP contribution is 2.39. The van der Waals surface area contributed by atoms with Gasteiger partial charge in [-0.1, -0.05) is 61.8 Å². The quantitative estimate of drug-likeness (QED) is 0.271. The number of aliphatic carboxylic acids is 1. The van der Waals surface area contributed by atoms with E-state index in [0.29, 0.717) is 22.6 Å². The van der Waals surface area contributed by atoms with Crippen LogP contribution < -0.4 is 0 Å². The molecule has 1 aromatic heterocycles. The summed E-state index contributed by atoms with van der Waals surface area (Å²) in [5.74, 6) is -0.795. The Morgan fingerprint density at radius 1 is 1.00 bits per heavy atom. The summed E-state index contributed by atoms with van der Waals surface area (Å²) in [4.78, 5) is 12.5. The van der Waals surface area contributed by atoms with Gasteiger partial charge in [-0.3, -0.25) is 4.79 Å². The van der Waals surface area contributed by atoms with E-state index in [9.17, 15) is 18.3 Å². The van der Waals surface area contributed by atoms with E-state index >= 15 is 0 Å². The number of aromatic nitrogens is 1. The van der Waals surface area contributed by atoms with Gasteiger partial charge in [0.15, 0.2) is 0 Å². The molecular weight excluding hydrogens is 494 g/mol. The summed E-state index contributed by atoms with van der Waals surface area (Å²) >= 11 is 6.09. The van der Waals surface area contributed by atoms with Crippen LogP contribution in [0.1, 0.15) is 50.4 Å². The second-order valence-corrected chi connectivity index (χ2v) is 12.4. The molecule has 0 atom stereocenters. The lowest BCUT2D eigenvalue weighted by Crippen LogP contribution is -2.28. The van der Waals surface area contributed by atoms with E-state index in [1.165, 1.54) is 0 Å². The predicted molar refractivity (Wildman–Crippen MR) is 144 cm³/mol. The van der Waals surface area contributed by atoms with Gasteiger partial charge >= 0.3 is 5.97 Å². The molecule has 1 heterocycles. The van der Waals surface area contributed by atoms with E-state index < -0.39 is 21.2 Å². The van der Waals surface area contributed by atoms with E-state index in [1.807, 2.05) is 34.9 Å². The molecule has 0 aliphatic carbocycles. The van der Waals surface area contributed by atoms with Crippen molar-refractivity contribution in [1.82, 2.24) is 4.57 Å². The van der Waals surface area contributed by atoms with Gasteiger partial charge < -0.3 is 9.67 Å². The number of carboxylic acids is 1. The van der Waals surface area contributed by atoms with Gasteiger partial charge in [-0.25, -0.2) is 8.42 Å². The summed E-state index contributed by atoms with van der Waals surface area (Å²) in [7, 11) is -3.95. The normalized spacial score (nSPS) is 12.4. The van der Waals surface area contributed by atoms with Crippen molar-refractivity contribution in [2.24, 2.45) is 5.41 Å². The average molecular weight is 524 g/mol. The minimum absolute atomic E-state index is 0.0447. The molecule has 0 saturated heterocycles. The van der Waals surface area contributed by atoms with Crippen LogP contribution in [0, 0.1) is 5.41 Å². The molecular formula is C29H30ClNO4S. The number of carbonyl (C=O) groups is 1. The van der Waals surface area contributed by atoms with Crippen molar-refractivity contribution in [2.75, 3.05) is 0 Å². The number of fused-ring (bicyclic) bond motifs is 1. The predicted octanol–water partition coefficient (Wildman–Crippen LogP) is 6.95. The first-order valence-electron chi connectivity index (χ1n) is 11.8. The van der Waals surface area contributed by atoms with Crippen molar-refractivity contribution in [2.45, 2.75) is 56.4 Å². The van der Waals surface area contributed by atoms with Crippen LogP contribution in [0.5, 0.6) is 0 Å². The van der Waals surface area contributed by atoms with Crippen LogP contribution in [0.2, 0.25) is 5.02 Å². The Morgan fingerprint density at radius 3 is 2.22 bits per heavy atom. The molecule has 5 nitrogen and oxygen atoms in total. The summed E-state index contributed by atoms with van der Waals surface area (Å²) in [6, 6.07) is 21.6. The first-order chi connectivity index (χ1) is 16.9. The van der Waals surface area contributed by atoms with Gasteiger partial charge in [-0.2, -0.15) is 0 Å². The molecule has 0 radical (unpaired) electrons. The lowest BCUT2D eigenvalue weighted by molar-refractivity contribution is -0.146. The average Bonchev–Trinajstić information content (AvgIpc) is 3.13. The van der Waals surface area contributed by atoms with E-state index in [4.69, 9.17) is 11.6 Å². The summed E-state index contributed by atoms with van der Waals surface area (Å²) in [5.41, 5.74) is 1.99. The third-order valence-corrected chi connectivity index (χ3v) is 8.71.